The molecule has 0 aromatic heterocycles. The van der Waals surface area contributed by atoms with Crippen LogP contribution in [0.15, 0.2) is 24.3 Å². The predicted molar refractivity (Wildman–Crippen MR) is 261 cm³/mol. The molecule has 0 aliphatic carbocycles. The number of phosphoric acid groups is 1. The van der Waals surface area contributed by atoms with E-state index in [4.69, 9.17) is 23.3 Å². The molecule has 376 valence electrons. The van der Waals surface area contributed by atoms with Gasteiger partial charge in [0.15, 0.2) is 6.10 Å². The van der Waals surface area contributed by atoms with Crippen LogP contribution in [0.3, 0.4) is 0 Å². The quantitative estimate of drug-likeness (QED) is 0.0197. The van der Waals surface area contributed by atoms with Gasteiger partial charge in [-0.05, 0) is 70.6 Å². The summed E-state index contributed by atoms with van der Waals surface area (Å²) >= 11 is 0. The molecule has 0 aliphatic rings. The SMILES string of the molecule is CCCCCC/C=C\CCCCCCCC(=O)OCC(COP(=O)(O)OCC(CO)OC(=O)CCCCCCCCCCC)OC(=O)CCCCCCC/C=C\CCCCCCCC. The van der Waals surface area contributed by atoms with E-state index < -0.39 is 57.8 Å². The number of carbonyl (C=O) groups is 3. The predicted octanol–water partition coefficient (Wildman–Crippen LogP) is 14.7. The van der Waals surface area contributed by atoms with Crippen molar-refractivity contribution in [3.05, 3.63) is 24.3 Å². The fourth-order valence-corrected chi connectivity index (χ4v) is 8.07. The molecule has 0 saturated carbocycles. The van der Waals surface area contributed by atoms with Crippen molar-refractivity contribution in [3.63, 3.8) is 0 Å². The highest BCUT2D eigenvalue weighted by Gasteiger charge is 2.28. The zero-order valence-electron chi connectivity index (χ0n) is 41.3. The molecule has 0 spiro atoms. The lowest BCUT2D eigenvalue weighted by Gasteiger charge is -2.21. The Bertz CT molecular complexity index is 1180. The van der Waals surface area contributed by atoms with E-state index in [9.17, 15) is 28.9 Å². The van der Waals surface area contributed by atoms with Crippen molar-refractivity contribution < 1.29 is 52.2 Å². The summed E-state index contributed by atoms with van der Waals surface area (Å²) in [6.45, 7) is 4.59. The van der Waals surface area contributed by atoms with Crippen molar-refractivity contribution in [2.75, 3.05) is 26.4 Å². The molecular formula is C52H97O11P. The third-order valence-electron chi connectivity index (χ3n) is 11.3. The molecule has 3 unspecified atom stereocenters. The molecule has 0 bridgehead atoms. The van der Waals surface area contributed by atoms with Crippen molar-refractivity contribution in [2.24, 2.45) is 0 Å². The normalized spacial score (nSPS) is 13.6. The van der Waals surface area contributed by atoms with Gasteiger partial charge in [-0.1, -0.05) is 186 Å². The first-order valence-corrected chi connectivity index (χ1v) is 27.7. The van der Waals surface area contributed by atoms with Crippen molar-refractivity contribution in [1.29, 1.82) is 0 Å². The first-order valence-electron chi connectivity index (χ1n) is 26.2. The number of hydrogen-bond acceptors (Lipinski definition) is 10. The van der Waals surface area contributed by atoms with Crippen LogP contribution in [0.2, 0.25) is 0 Å². The van der Waals surface area contributed by atoms with Gasteiger partial charge in [0, 0.05) is 19.3 Å². The second-order valence-corrected chi connectivity index (χ2v) is 19.1. The van der Waals surface area contributed by atoms with E-state index in [-0.39, 0.29) is 25.9 Å². The summed E-state index contributed by atoms with van der Waals surface area (Å²) in [5.74, 6) is -1.47. The van der Waals surface area contributed by atoms with Gasteiger partial charge in [0.05, 0.1) is 19.8 Å². The molecule has 0 saturated heterocycles. The maximum atomic E-state index is 12.8. The molecule has 0 aliphatic heterocycles. The smallest absolute Gasteiger partial charge is 0.462 e. The van der Waals surface area contributed by atoms with Crippen LogP contribution in [0.5, 0.6) is 0 Å². The molecule has 11 nitrogen and oxygen atoms in total. The Kier molecular flexibility index (Phi) is 45.9. The Labute approximate surface area is 391 Å². The van der Waals surface area contributed by atoms with Crippen molar-refractivity contribution in [1.82, 2.24) is 0 Å². The lowest BCUT2D eigenvalue weighted by atomic mass is 10.1. The van der Waals surface area contributed by atoms with E-state index >= 15 is 0 Å². The van der Waals surface area contributed by atoms with E-state index in [1.165, 1.54) is 96.3 Å². The summed E-state index contributed by atoms with van der Waals surface area (Å²) < 4.78 is 39.3. The molecule has 0 radical (unpaired) electrons. The third-order valence-corrected chi connectivity index (χ3v) is 12.3. The van der Waals surface area contributed by atoms with Crippen molar-refractivity contribution in [2.45, 2.75) is 264 Å². The highest BCUT2D eigenvalue weighted by Crippen LogP contribution is 2.43. The average Bonchev–Trinajstić information content (AvgIpc) is 3.28. The van der Waals surface area contributed by atoms with Gasteiger partial charge < -0.3 is 24.2 Å². The van der Waals surface area contributed by atoms with Gasteiger partial charge in [-0.15, -0.1) is 0 Å². The van der Waals surface area contributed by atoms with Crippen molar-refractivity contribution >= 4 is 25.7 Å². The minimum absolute atomic E-state index is 0.160. The fraction of sp³-hybridized carbons (Fsp3) is 0.865. The summed E-state index contributed by atoms with van der Waals surface area (Å²) in [7, 11) is -4.73. The summed E-state index contributed by atoms with van der Waals surface area (Å²) in [5.41, 5.74) is 0. The molecule has 0 aromatic carbocycles. The van der Waals surface area contributed by atoms with E-state index in [2.05, 4.69) is 45.1 Å². The average molecular weight is 929 g/mol. The number of hydrogen-bond donors (Lipinski definition) is 2. The zero-order valence-corrected chi connectivity index (χ0v) is 42.2. The number of aliphatic hydroxyl groups excluding tert-OH is 1. The van der Waals surface area contributed by atoms with E-state index in [0.717, 1.165) is 96.3 Å². The van der Waals surface area contributed by atoms with Crippen LogP contribution in [-0.2, 0) is 42.2 Å². The second kappa shape index (κ2) is 47.5. The highest BCUT2D eigenvalue weighted by molar-refractivity contribution is 7.47. The molecular weight excluding hydrogens is 832 g/mol. The van der Waals surface area contributed by atoms with Crippen LogP contribution in [-0.4, -0.2) is 66.5 Å². The number of ether oxygens (including phenoxy) is 3. The molecule has 0 heterocycles. The van der Waals surface area contributed by atoms with Gasteiger partial charge in [-0.25, -0.2) is 4.57 Å². The first kappa shape index (κ1) is 62.0. The molecule has 0 aromatic rings. The molecule has 0 amide bonds. The molecule has 2 N–H and O–H groups in total. The monoisotopic (exact) mass is 929 g/mol. The molecule has 0 fully saturated rings. The number of aliphatic hydroxyl groups is 1. The topological polar surface area (TPSA) is 155 Å². The number of carbonyl (C=O) groups excluding carboxylic acids is 3. The Hall–Kier alpha value is -2.04. The van der Waals surface area contributed by atoms with Crippen LogP contribution in [0, 0.1) is 0 Å². The molecule has 3 atom stereocenters. The summed E-state index contributed by atoms with van der Waals surface area (Å²) in [4.78, 5) is 48.2. The molecule has 0 rings (SSSR count). The Morgan fingerprint density at radius 1 is 0.422 bits per heavy atom. The lowest BCUT2D eigenvalue weighted by molar-refractivity contribution is -0.161. The standard InChI is InChI=1S/C52H97O11P/c1-4-7-10-13-16-19-21-23-24-26-28-31-34-37-40-43-52(56)63-49(45-59-50(54)41-38-35-32-30-27-25-22-20-17-14-11-8-5-2)47-61-64(57,58)60-46-48(44-53)62-51(55)42-39-36-33-29-18-15-12-9-6-3/h20,22-24,48-49,53H,4-19,21,25-47H2,1-3H3,(H,57,58)/b22-20-,24-23-. The third kappa shape index (κ3) is 45.1. The maximum Gasteiger partial charge on any atom is 0.472 e. The van der Waals surface area contributed by atoms with E-state index in [0.29, 0.717) is 19.3 Å². The fourth-order valence-electron chi connectivity index (χ4n) is 7.29. The van der Waals surface area contributed by atoms with Crippen LogP contribution in [0.1, 0.15) is 252 Å². The van der Waals surface area contributed by atoms with E-state index in [1.807, 2.05) is 0 Å². The second-order valence-electron chi connectivity index (χ2n) is 17.7. The Morgan fingerprint density at radius 2 is 0.719 bits per heavy atom. The van der Waals surface area contributed by atoms with Gasteiger partial charge in [0.1, 0.15) is 12.7 Å². The number of unbranched alkanes of at least 4 members (excludes halogenated alkanes) is 28. The summed E-state index contributed by atoms with van der Waals surface area (Å²) in [5, 5.41) is 9.74. The summed E-state index contributed by atoms with van der Waals surface area (Å²) in [6.07, 6.45) is 44.4. The number of esters is 3. The largest absolute Gasteiger partial charge is 0.472 e. The minimum Gasteiger partial charge on any atom is -0.462 e. The van der Waals surface area contributed by atoms with Crippen LogP contribution < -0.4 is 0 Å². The van der Waals surface area contributed by atoms with Gasteiger partial charge in [-0.3, -0.25) is 23.4 Å². The number of allylic oxidation sites excluding steroid dienone is 4. The Morgan fingerprint density at radius 3 is 1.09 bits per heavy atom. The van der Waals surface area contributed by atoms with E-state index in [1.54, 1.807) is 0 Å². The lowest BCUT2D eigenvalue weighted by Crippen LogP contribution is -2.30. The zero-order chi connectivity index (χ0) is 47.0. The molecule has 12 heteroatoms. The summed E-state index contributed by atoms with van der Waals surface area (Å²) in [6, 6.07) is 0. The van der Waals surface area contributed by atoms with Crippen LogP contribution in [0.4, 0.5) is 0 Å². The maximum absolute atomic E-state index is 12.8. The number of phosphoric ester groups is 1. The first-order chi connectivity index (χ1) is 31.2. The number of rotatable bonds is 49. The van der Waals surface area contributed by atoms with Gasteiger partial charge in [0.25, 0.3) is 0 Å². The van der Waals surface area contributed by atoms with Crippen molar-refractivity contribution in [3.8, 4) is 0 Å². The molecule has 64 heavy (non-hydrogen) atoms. The minimum atomic E-state index is -4.73. The highest BCUT2D eigenvalue weighted by atomic mass is 31.2. The van der Waals surface area contributed by atoms with Gasteiger partial charge in [0.2, 0.25) is 0 Å². The van der Waals surface area contributed by atoms with Gasteiger partial charge >= 0.3 is 25.7 Å². The Balaban J connectivity index is 4.75. The van der Waals surface area contributed by atoms with Crippen LogP contribution in [0.25, 0.3) is 0 Å². The van der Waals surface area contributed by atoms with Crippen LogP contribution >= 0.6 is 7.82 Å². The van der Waals surface area contributed by atoms with Gasteiger partial charge in [-0.2, -0.15) is 0 Å².